The van der Waals surface area contributed by atoms with Gasteiger partial charge in [0.25, 0.3) is 11.7 Å². The van der Waals surface area contributed by atoms with E-state index in [-0.39, 0.29) is 23.8 Å². The molecule has 0 aromatic heterocycles. The number of amides is 2. The van der Waals surface area contributed by atoms with Crippen LogP contribution in [0.4, 0.5) is 10.1 Å². The predicted octanol–water partition coefficient (Wildman–Crippen LogP) is 1.66. The van der Waals surface area contributed by atoms with E-state index < -0.39 is 23.4 Å². The number of carbonyl (C=O) groups is 3. The van der Waals surface area contributed by atoms with Crippen LogP contribution in [-0.2, 0) is 9.59 Å². The number of halogens is 1. The minimum absolute atomic E-state index is 0.00555. The minimum Gasteiger partial charge on any atom is -0.352 e. The number of nitrogens with zero attached hydrogens (tertiary/aromatic N) is 1. The number of benzene rings is 1. The first-order valence-corrected chi connectivity index (χ1v) is 6.93. The quantitative estimate of drug-likeness (QED) is 0.839. The van der Waals surface area contributed by atoms with Gasteiger partial charge in [0.15, 0.2) is 0 Å². The number of Topliss-reactive ketones (excluding diaryl/α,β-unsaturated/α-hetero) is 1. The molecule has 6 heteroatoms. The van der Waals surface area contributed by atoms with Gasteiger partial charge in [-0.05, 0) is 25.0 Å². The van der Waals surface area contributed by atoms with E-state index in [4.69, 9.17) is 0 Å². The number of ketones is 1. The molecule has 1 aromatic rings. The highest BCUT2D eigenvalue weighted by Crippen LogP contribution is 2.31. The summed E-state index contributed by atoms with van der Waals surface area (Å²) in [4.78, 5) is 36.6. The molecule has 112 valence electrons. The first kappa shape index (κ1) is 15.2. The molecule has 1 aromatic carbocycles. The van der Waals surface area contributed by atoms with Crippen molar-refractivity contribution in [1.82, 2.24) is 5.32 Å². The Morgan fingerprint density at radius 3 is 2.57 bits per heavy atom. The number of fused-ring (bicyclic) bond motifs is 1. The lowest BCUT2D eigenvalue weighted by Crippen LogP contribution is -2.43. The molecule has 0 saturated carbocycles. The van der Waals surface area contributed by atoms with Crippen LogP contribution in [0.5, 0.6) is 0 Å². The normalized spacial score (nSPS) is 13.8. The number of nitrogens with one attached hydrogen (secondary N) is 1. The van der Waals surface area contributed by atoms with Crippen molar-refractivity contribution < 1.29 is 18.8 Å². The van der Waals surface area contributed by atoms with Gasteiger partial charge in [-0.2, -0.15) is 0 Å². The zero-order chi connectivity index (χ0) is 15.6. The summed E-state index contributed by atoms with van der Waals surface area (Å²) in [6.07, 6.45) is 1.53. The third-order valence-corrected chi connectivity index (χ3v) is 3.59. The molecule has 0 fully saturated rings. The Morgan fingerprint density at radius 2 is 1.95 bits per heavy atom. The second-order valence-electron chi connectivity index (χ2n) is 4.94. The highest BCUT2D eigenvalue weighted by molar-refractivity contribution is 6.52. The summed E-state index contributed by atoms with van der Waals surface area (Å²) in [6, 6.07) is 3.92. The molecular formula is C15H17FN2O3. The van der Waals surface area contributed by atoms with Gasteiger partial charge in [-0.25, -0.2) is 4.39 Å². The maximum atomic E-state index is 13.9. The Balaban J connectivity index is 2.20. The molecule has 0 spiro atoms. The van der Waals surface area contributed by atoms with Gasteiger partial charge in [0.1, 0.15) is 12.4 Å². The maximum absolute atomic E-state index is 13.9. The fourth-order valence-corrected chi connectivity index (χ4v) is 2.37. The Morgan fingerprint density at radius 1 is 1.29 bits per heavy atom. The third-order valence-electron chi connectivity index (χ3n) is 3.59. The largest absolute Gasteiger partial charge is 0.352 e. The lowest BCUT2D eigenvalue weighted by molar-refractivity contribution is -0.122. The fraction of sp³-hybridized carbons (Fsp3) is 0.400. The molecule has 0 radical (unpaired) electrons. The fourth-order valence-electron chi connectivity index (χ4n) is 2.37. The third kappa shape index (κ3) is 2.79. The number of hydrogen-bond acceptors (Lipinski definition) is 3. The van der Waals surface area contributed by atoms with E-state index in [0.29, 0.717) is 0 Å². The Hall–Kier alpha value is -2.24. The van der Waals surface area contributed by atoms with Crippen LogP contribution < -0.4 is 10.2 Å². The van der Waals surface area contributed by atoms with Crippen LogP contribution in [0.2, 0.25) is 0 Å². The summed E-state index contributed by atoms with van der Waals surface area (Å²) in [5.41, 5.74) is -0.0949. The monoisotopic (exact) mass is 292 g/mol. The first-order valence-electron chi connectivity index (χ1n) is 6.93. The van der Waals surface area contributed by atoms with E-state index >= 15 is 0 Å². The molecule has 0 saturated heterocycles. The molecule has 0 atom stereocenters. The Bertz CT molecular complexity index is 597. The van der Waals surface area contributed by atoms with Crippen molar-refractivity contribution in [2.75, 3.05) is 11.4 Å². The van der Waals surface area contributed by atoms with Gasteiger partial charge in [0.05, 0.1) is 11.3 Å². The molecular weight excluding hydrogens is 275 g/mol. The number of hydrogen-bond donors (Lipinski definition) is 1. The van der Waals surface area contributed by atoms with Crippen LogP contribution in [0.15, 0.2) is 18.2 Å². The van der Waals surface area contributed by atoms with E-state index in [9.17, 15) is 18.8 Å². The van der Waals surface area contributed by atoms with Crippen LogP contribution in [0.25, 0.3) is 0 Å². The first-order chi connectivity index (χ1) is 9.99. The zero-order valence-electron chi connectivity index (χ0n) is 12.0. The van der Waals surface area contributed by atoms with Crippen LogP contribution in [0.3, 0.4) is 0 Å². The van der Waals surface area contributed by atoms with Crippen molar-refractivity contribution >= 4 is 23.3 Å². The van der Waals surface area contributed by atoms with E-state index in [1.54, 1.807) is 0 Å². The molecule has 0 unspecified atom stereocenters. The lowest BCUT2D eigenvalue weighted by atomic mass is 10.1. The second-order valence-corrected chi connectivity index (χ2v) is 4.94. The molecule has 0 aliphatic carbocycles. The molecule has 2 amide bonds. The molecule has 0 bridgehead atoms. The summed E-state index contributed by atoms with van der Waals surface area (Å²) >= 11 is 0. The highest BCUT2D eigenvalue weighted by Gasteiger charge is 2.38. The van der Waals surface area contributed by atoms with Gasteiger partial charge in [0, 0.05) is 6.04 Å². The molecule has 1 aliphatic rings. The SMILES string of the molecule is CCC(CC)NC(=O)CN1C(=O)C(=O)c2cccc(F)c21. The van der Waals surface area contributed by atoms with Crippen molar-refractivity contribution in [3.05, 3.63) is 29.6 Å². The summed E-state index contributed by atoms with van der Waals surface area (Å²) in [6.45, 7) is 3.52. The van der Waals surface area contributed by atoms with Crippen molar-refractivity contribution in [3.8, 4) is 0 Å². The second kappa shape index (κ2) is 6.03. The molecule has 21 heavy (non-hydrogen) atoms. The van der Waals surface area contributed by atoms with Crippen LogP contribution in [0.1, 0.15) is 37.0 Å². The van der Waals surface area contributed by atoms with Gasteiger partial charge < -0.3 is 5.32 Å². The van der Waals surface area contributed by atoms with Gasteiger partial charge >= 0.3 is 0 Å². The zero-order valence-corrected chi connectivity index (χ0v) is 12.0. The highest BCUT2D eigenvalue weighted by atomic mass is 19.1. The molecule has 5 nitrogen and oxygen atoms in total. The molecule has 1 heterocycles. The van der Waals surface area contributed by atoms with E-state index in [1.165, 1.54) is 12.1 Å². The van der Waals surface area contributed by atoms with Crippen molar-refractivity contribution in [2.24, 2.45) is 0 Å². The van der Waals surface area contributed by atoms with Crippen LogP contribution in [-0.4, -0.2) is 30.2 Å². The summed E-state index contributed by atoms with van der Waals surface area (Å²) < 4.78 is 13.9. The van der Waals surface area contributed by atoms with Crippen LogP contribution >= 0.6 is 0 Å². The topological polar surface area (TPSA) is 66.5 Å². The minimum atomic E-state index is -0.866. The van der Waals surface area contributed by atoms with E-state index in [1.807, 2.05) is 13.8 Å². The number of rotatable bonds is 5. The van der Waals surface area contributed by atoms with Gasteiger partial charge in [-0.15, -0.1) is 0 Å². The predicted molar refractivity (Wildman–Crippen MR) is 75.6 cm³/mol. The van der Waals surface area contributed by atoms with Crippen molar-refractivity contribution in [3.63, 3.8) is 0 Å². The number of para-hydroxylation sites is 1. The van der Waals surface area contributed by atoms with Gasteiger partial charge in [-0.3, -0.25) is 19.3 Å². The summed E-state index contributed by atoms with van der Waals surface area (Å²) in [5.74, 6) is -2.72. The van der Waals surface area contributed by atoms with Crippen molar-refractivity contribution in [1.29, 1.82) is 0 Å². The average Bonchev–Trinajstić information content (AvgIpc) is 2.71. The average molecular weight is 292 g/mol. The van der Waals surface area contributed by atoms with Gasteiger partial charge in [-0.1, -0.05) is 19.9 Å². The summed E-state index contributed by atoms with van der Waals surface area (Å²) in [7, 11) is 0. The van der Waals surface area contributed by atoms with Crippen molar-refractivity contribution in [2.45, 2.75) is 32.7 Å². The van der Waals surface area contributed by atoms with Gasteiger partial charge in [0.2, 0.25) is 5.91 Å². The molecule has 2 rings (SSSR count). The Kier molecular flexibility index (Phi) is 4.35. The number of anilines is 1. The van der Waals surface area contributed by atoms with Crippen LogP contribution in [0, 0.1) is 5.82 Å². The molecule has 1 N–H and O–H groups in total. The molecule has 1 aliphatic heterocycles. The van der Waals surface area contributed by atoms with E-state index in [2.05, 4.69) is 5.32 Å². The smallest absolute Gasteiger partial charge is 0.300 e. The Labute approximate surface area is 122 Å². The number of carbonyl (C=O) groups excluding carboxylic acids is 3. The lowest BCUT2D eigenvalue weighted by Gasteiger charge is -2.19. The summed E-state index contributed by atoms with van der Waals surface area (Å²) in [5, 5.41) is 2.76. The van der Waals surface area contributed by atoms with E-state index in [0.717, 1.165) is 23.8 Å². The standard InChI is InChI=1S/C15H17FN2O3/c1-3-9(4-2)17-12(19)8-18-13-10(14(20)15(18)21)6-5-7-11(13)16/h5-7,9H,3-4,8H2,1-2H3,(H,17,19). The maximum Gasteiger partial charge on any atom is 0.300 e.